The van der Waals surface area contributed by atoms with E-state index < -0.39 is 5.60 Å². The number of aliphatic hydroxyl groups is 1. The number of hydrogen-bond acceptors (Lipinski definition) is 3. The molecule has 2 aliphatic rings. The van der Waals surface area contributed by atoms with Crippen LogP contribution in [-0.4, -0.2) is 60.2 Å². The first kappa shape index (κ1) is 19.2. The molecule has 1 unspecified atom stereocenters. The lowest BCUT2D eigenvalue weighted by molar-refractivity contribution is 0.0487. The second kappa shape index (κ2) is 8.40. The van der Waals surface area contributed by atoms with Crippen molar-refractivity contribution in [2.75, 3.05) is 39.3 Å². The van der Waals surface area contributed by atoms with E-state index in [9.17, 15) is 9.90 Å². The maximum atomic E-state index is 12.5. The Morgan fingerprint density at radius 2 is 2.00 bits per heavy atom. The molecule has 2 N–H and O–H groups in total. The van der Waals surface area contributed by atoms with Gasteiger partial charge in [0.1, 0.15) is 5.60 Å². The van der Waals surface area contributed by atoms with Crippen LogP contribution in [0.15, 0.2) is 24.3 Å². The molecule has 144 valence electrons. The van der Waals surface area contributed by atoms with Crippen LogP contribution in [0.5, 0.6) is 0 Å². The highest BCUT2D eigenvalue weighted by atomic mass is 16.3. The first-order valence-corrected chi connectivity index (χ1v) is 10.1. The zero-order valence-corrected chi connectivity index (χ0v) is 16.2. The van der Waals surface area contributed by atoms with Gasteiger partial charge in [-0.05, 0) is 69.3 Å². The van der Waals surface area contributed by atoms with Crippen LogP contribution < -0.4 is 5.32 Å². The van der Waals surface area contributed by atoms with Gasteiger partial charge in [-0.2, -0.15) is 0 Å². The summed E-state index contributed by atoms with van der Waals surface area (Å²) in [5, 5.41) is 14.1. The summed E-state index contributed by atoms with van der Waals surface area (Å²) in [4.78, 5) is 16.7. The normalized spacial score (nSPS) is 24.8. The molecule has 2 saturated heterocycles. The minimum Gasteiger partial charge on any atom is -0.383 e. The number of rotatable bonds is 5. The maximum Gasteiger partial charge on any atom is 0.317 e. The Bertz CT molecular complexity index is 613. The summed E-state index contributed by atoms with van der Waals surface area (Å²) in [6, 6.07) is 7.87. The Kier molecular flexibility index (Phi) is 6.20. The van der Waals surface area contributed by atoms with Crippen LogP contribution in [0.25, 0.3) is 0 Å². The summed E-state index contributed by atoms with van der Waals surface area (Å²) in [5.41, 5.74) is 1.10. The van der Waals surface area contributed by atoms with Crippen LogP contribution in [-0.2, 0) is 5.60 Å². The number of likely N-dealkylation sites (tertiary alicyclic amines) is 2. The fourth-order valence-corrected chi connectivity index (χ4v) is 4.37. The summed E-state index contributed by atoms with van der Waals surface area (Å²) >= 11 is 0. The van der Waals surface area contributed by atoms with Gasteiger partial charge in [0.15, 0.2) is 0 Å². The number of amides is 2. The average molecular weight is 360 g/mol. The minimum absolute atomic E-state index is 0.0412. The summed E-state index contributed by atoms with van der Waals surface area (Å²) < 4.78 is 0. The fraction of sp³-hybridized carbons (Fsp3) is 0.667. The summed E-state index contributed by atoms with van der Waals surface area (Å²) in [5.74, 6) is 0.723. The maximum absolute atomic E-state index is 12.5. The number of piperidine rings is 1. The van der Waals surface area contributed by atoms with E-state index in [2.05, 4.69) is 17.1 Å². The van der Waals surface area contributed by atoms with Crippen LogP contribution >= 0.6 is 0 Å². The van der Waals surface area contributed by atoms with Crippen molar-refractivity contribution in [3.8, 4) is 0 Å². The highest BCUT2D eigenvalue weighted by Gasteiger charge is 2.40. The van der Waals surface area contributed by atoms with Gasteiger partial charge in [-0.1, -0.05) is 31.2 Å². The molecule has 0 saturated carbocycles. The van der Waals surface area contributed by atoms with Crippen molar-refractivity contribution in [1.82, 2.24) is 15.1 Å². The van der Waals surface area contributed by atoms with Gasteiger partial charge in [-0.15, -0.1) is 0 Å². The number of β-amino-alcohol motifs (C(OH)–C–C–N with tert-alkyl or cyclic N) is 1. The van der Waals surface area contributed by atoms with Gasteiger partial charge in [0.25, 0.3) is 0 Å². The first-order valence-electron chi connectivity index (χ1n) is 10.1. The smallest absolute Gasteiger partial charge is 0.317 e. The number of benzene rings is 1. The van der Waals surface area contributed by atoms with Crippen LogP contribution in [0, 0.1) is 12.8 Å². The zero-order valence-electron chi connectivity index (χ0n) is 16.2. The highest BCUT2D eigenvalue weighted by molar-refractivity contribution is 5.74. The molecular formula is C21H33N3O2. The molecule has 1 aromatic rings. The molecule has 0 bridgehead atoms. The van der Waals surface area contributed by atoms with E-state index in [0.29, 0.717) is 19.5 Å². The van der Waals surface area contributed by atoms with Crippen molar-refractivity contribution < 1.29 is 9.90 Å². The van der Waals surface area contributed by atoms with Gasteiger partial charge in [0.2, 0.25) is 0 Å². The van der Waals surface area contributed by atoms with Crippen molar-refractivity contribution in [2.45, 2.75) is 45.1 Å². The molecule has 0 aromatic heterocycles. The molecule has 0 aliphatic carbocycles. The van der Waals surface area contributed by atoms with Crippen molar-refractivity contribution in [2.24, 2.45) is 5.92 Å². The molecule has 3 rings (SSSR count). The first-order chi connectivity index (χ1) is 12.5. The van der Waals surface area contributed by atoms with E-state index in [4.69, 9.17) is 0 Å². The van der Waals surface area contributed by atoms with Crippen LogP contribution in [0.2, 0.25) is 0 Å². The lowest BCUT2D eigenvalue weighted by atomic mass is 9.89. The second-order valence-corrected chi connectivity index (χ2v) is 7.92. The molecule has 1 atom stereocenters. The number of aryl methyl sites for hydroxylation is 1. The van der Waals surface area contributed by atoms with E-state index in [-0.39, 0.29) is 6.03 Å². The molecule has 1 aromatic carbocycles. The van der Waals surface area contributed by atoms with E-state index in [0.717, 1.165) is 36.6 Å². The third-order valence-corrected chi connectivity index (χ3v) is 6.16. The van der Waals surface area contributed by atoms with Crippen molar-refractivity contribution in [3.63, 3.8) is 0 Å². The predicted octanol–water partition coefficient (Wildman–Crippen LogP) is 2.72. The van der Waals surface area contributed by atoms with Gasteiger partial charge in [-0.25, -0.2) is 4.79 Å². The molecule has 2 aliphatic heterocycles. The van der Waals surface area contributed by atoms with Crippen molar-refractivity contribution in [1.29, 1.82) is 0 Å². The van der Waals surface area contributed by atoms with Gasteiger partial charge < -0.3 is 20.2 Å². The largest absolute Gasteiger partial charge is 0.383 e. The van der Waals surface area contributed by atoms with Gasteiger partial charge in [-0.3, -0.25) is 0 Å². The van der Waals surface area contributed by atoms with E-state index in [1.165, 1.54) is 25.9 Å². The predicted molar refractivity (Wildman–Crippen MR) is 104 cm³/mol. The quantitative estimate of drug-likeness (QED) is 0.850. The van der Waals surface area contributed by atoms with Crippen molar-refractivity contribution >= 4 is 6.03 Å². The third-order valence-electron chi connectivity index (χ3n) is 6.16. The Labute approximate surface area is 157 Å². The highest BCUT2D eigenvalue weighted by Crippen LogP contribution is 2.33. The van der Waals surface area contributed by atoms with Gasteiger partial charge >= 0.3 is 6.03 Å². The standard InChI is InChI=1S/C21H33N3O2/c1-3-23-13-9-18(10-14-23)8-12-22-20(25)24-15-11-21(26,16-24)19-7-5-4-6-17(19)2/h4-7,18,26H,3,8-16H2,1-2H3,(H,22,25). The number of nitrogens with zero attached hydrogens (tertiary/aromatic N) is 2. The van der Waals surface area contributed by atoms with Crippen LogP contribution in [0.1, 0.15) is 43.7 Å². The number of nitrogens with one attached hydrogen (secondary N) is 1. The van der Waals surface area contributed by atoms with E-state index in [1.54, 1.807) is 4.90 Å². The number of carbonyl (C=O) groups is 1. The molecule has 2 heterocycles. The molecule has 26 heavy (non-hydrogen) atoms. The Hall–Kier alpha value is -1.59. The van der Waals surface area contributed by atoms with Gasteiger partial charge in [0.05, 0.1) is 6.54 Å². The Balaban J connectivity index is 1.44. The molecule has 5 heteroatoms. The number of urea groups is 1. The van der Waals surface area contributed by atoms with Crippen LogP contribution in [0.4, 0.5) is 4.79 Å². The summed E-state index contributed by atoms with van der Waals surface area (Å²) in [6.07, 6.45) is 4.13. The second-order valence-electron chi connectivity index (χ2n) is 7.92. The SMILES string of the molecule is CCN1CCC(CCNC(=O)N2CCC(O)(c3ccccc3C)C2)CC1. The van der Waals surface area contributed by atoms with Crippen LogP contribution in [0.3, 0.4) is 0 Å². The fourth-order valence-electron chi connectivity index (χ4n) is 4.37. The molecule has 2 fully saturated rings. The Morgan fingerprint density at radius 3 is 2.69 bits per heavy atom. The summed E-state index contributed by atoms with van der Waals surface area (Å²) in [7, 11) is 0. The van der Waals surface area contributed by atoms with E-state index in [1.807, 2.05) is 31.2 Å². The monoisotopic (exact) mass is 359 g/mol. The molecule has 5 nitrogen and oxygen atoms in total. The lowest BCUT2D eigenvalue weighted by Crippen LogP contribution is -2.42. The van der Waals surface area contributed by atoms with E-state index >= 15 is 0 Å². The minimum atomic E-state index is -0.921. The summed E-state index contributed by atoms with van der Waals surface area (Å²) in [6.45, 7) is 9.45. The number of carbonyl (C=O) groups excluding carboxylic acids is 1. The third kappa shape index (κ3) is 4.38. The number of hydrogen-bond donors (Lipinski definition) is 2. The topological polar surface area (TPSA) is 55.8 Å². The molecular weight excluding hydrogens is 326 g/mol. The molecule has 0 spiro atoms. The zero-order chi connectivity index (χ0) is 18.6. The molecule has 2 amide bonds. The van der Waals surface area contributed by atoms with Gasteiger partial charge in [0, 0.05) is 13.1 Å². The molecule has 0 radical (unpaired) electrons. The van der Waals surface area contributed by atoms with Crippen molar-refractivity contribution in [3.05, 3.63) is 35.4 Å². The Morgan fingerprint density at radius 1 is 1.27 bits per heavy atom. The average Bonchev–Trinajstić information content (AvgIpc) is 3.06. The lowest BCUT2D eigenvalue weighted by Gasteiger charge is -2.31.